The highest BCUT2D eigenvalue weighted by Crippen LogP contribution is 2.12. The van der Waals surface area contributed by atoms with Gasteiger partial charge in [0.2, 0.25) is 0 Å². The predicted molar refractivity (Wildman–Crippen MR) is 90.5 cm³/mol. The molecule has 0 aliphatic heterocycles. The Bertz CT molecular complexity index is 568. The first-order valence-electron chi connectivity index (χ1n) is 7.35. The van der Waals surface area contributed by atoms with Gasteiger partial charge in [0.1, 0.15) is 0 Å². The van der Waals surface area contributed by atoms with Gasteiger partial charge in [-0.25, -0.2) is 0 Å². The first-order chi connectivity index (χ1) is 9.81. The summed E-state index contributed by atoms with van der Waals surface area (Å²) in [6, 6.07) is 17.4. The quantitative estimate of drug-likeness (QED) is 0.593. The van der Waals surface area contributed by atoms with Gasteiger partial charge in [0.15, 0.2) is 0 Å². The highest BCUT2D eigenvalue weighted by molar-refractivity contribution is 5.70. The molecule has 2 aromatic rings. The Kier molecular flexibility index (Phi) is 5.37. The molecule has 20 heavy (non-hydrogen) atoms. The molecule has 0 fully saturated rings. The molecule has 0 heterocycles. The molecule has 0 bridgehead atoms. The summed E-state index contributed by atoms with van der Waals surface area (Å²) in [4.78, 5) is 0. The van der Waals surface area contributed by atoms with E-state index in [0.29, 0.717) is 0 Å². The number of hydrogen-bond donors (Lipinski definition) is 0. The third-order valence-electron chi connectivity index (χ3n) is 3.34. The van der Waals surface area contributed by atoms with Crippen molar-refractivity contribution in [2.45, 2.75) is 26.7 Å². The van der Waals surface area contributed by atoms with Crippen LogP contribution in [-0.2, 0) is 6.42 Å². The van der Waals surface area contributed by atoms with Crippen molar-refractivity contribution in [3.8, 4) is 0 Å². The topological polar surface area (TPSA) is 0 Å². The van der Waals surface area contributed by atoms with E-state index in [-0.39, 0.29) is 0 Å². The van der Waals surface area contributed by atoms with Crippen LogP contribution in [0, 0.1) is 0 Å². The molecule has 102 valence electrons. The van der Waals surface area contributed by atoms with Crippen LogP contribution < -0.4 is 0 Å². The Morgan fingerprint density at radius 3 is 1.55 bits per heavy atom. The summed E-state index contributed by atoms with van der Waals surface area (Å²) < 4.78 is 0. The Morgan fingerprint density at radius 2 is 1.10 bits per heavy atom. The van der Waals surface area contributed by atoms with Crippen molar-refractivity contribution in [2.75, 3.05) is 0 Å². The molecule has 0 nitrogen and oxygen atoms in total. The smallest absolute Gasteiger partial charge is 0.0256 e. The van der Waals surface area contributed by atoms with Crippen LogP contribution in [-0.4, -0.2) is 0 Å². The second-order valence-electron chi connectivity index (χ2n) is 4.91. The first kappa shape index (κ1) is 14.3. The van der Waals surface area contributed by atoms with Gasteiger partial charge in [0, 0.05) is 0 Å². The van der Waals surface area contributed by atoms with Crippen molar-refractivity contribution in [1.29, 1.82) is 0 Å². The number of allylic oxidation sites excluding steroid dienone is 1. The molecular weight excluding hydrogens is 240 g/mol. The minimum atomic E-state index is 1.08. The lowest BCUT2D eigenvalue weighted by Gasteiger charge is -1.98. The molecule has 0 atom stereocenters. The standard InChI is InChI=1S/C20H22/c1-3-5-6-18-11-13-20(14-12-18)16-15-19-9-7-17(4-2)8-10-19/h5-16H,3-4H2,1-2H3. The minimum absolute atomic E-state index is 1.08. The molecule has 0 aliphatic carbocycles. The summed E-state index contributed by atoms with van der Waals surface area (Å²) in [6.45, 7) is 4.33. The SMILES string of the molecule is CCC=Cc1ccc(C=Cc2ccc(CC)cc2)cc1. The summed E-state index contributed by atoms with van der Waals surface area (Å²) >= 11 is 0. The molecule has 2 aromatic carbocycles. The van der Waals surface area contributed by atoms with Crippen LogP contribution in [0.1, 0.15) is 42.5 Å². The fourth-order valence-corrected chi connectivity index (χ4v) is 2.03. The van der Waals surface area contributed by atoms with Crippen molar-refractivity contribution < 1.29 is 0 Å². The fraction of sp³-hybridized carbons (Fsp3) is 0.200. The third-order valence-corrected chi connectivity index (χ3v) is 3.34. The minimum Gasteiger partial charge on any atom is -0.0842 e. The molecule has 0 aliphatic rings. The second-order valence-corrected chi connectivity index (χ2v) is 4.91. The van der Waals surface area contributed by atoms with E-state index in [1.165, 1.54) is 22.3 Å². The highest BCUT2D eigenvalue weighted by Gasteiger charge is 1.91. The van der Waals surface area contributed by atoms with Gasteiger partial charge in [-0.2, -0.15) is 0 Å². The Balaban J connectivity index is 2.04. The first-order valence-corrected chi connectivity index (χ1v) is 7.35. The zero-order valence-electron chi connectivity index (χ0n) is 12.3. The van der Waals surface area contributed by atoms with Crippen LogP contribution in [0.4, 0.5) is 0 Å². The molecule has 2 rings (SSSR count). The summed E-state index contributed by atoms with van der Waals surface area (Å²) in [6.07, 6.45) is 10.8. The maximum Gasteiger partial charge on any atom is -0.0256 e. The monoisotopic (exact) mass is 262 g/mol. The molecule has 0 radical (unpaired) electrons. The largest absolute Gasteiger partial charge is 0.0842 e. The summed E-state index contributed by atoms with van der Waals surface area (Å²) in [5, 5.41) is 0. The fourth-order valence-electron chi connectivity index (χ4n) is 2.03. The third kappa shape index (κ3) is 4.24. The van der Waals surface area contributed by atoms with E-state index in [1.54, 1.807) is 0 Å². The average Bonchev–Trinajstić information content (AvgIpc) is 2.52. The molecule has 0 aromatic heterocycles. The molecule has 0 spiro atoms. The molecule has 0 N–H and O–H groups in total. The highest BCUT2D eigenvalue weighted by atomic mass is 14.0. The lowest BCUT2D eigenvalue weighted by molar-refractivity contribution is 1.14. The van der Waals surface area contributed by atoms with Crippen LogP contribution in [0.2, 0.25) is 0 Å². The Hall–Kier alpha value is -2.08. The Labute approximate surface area is 122 Å². The molecule has 0 amide bonds. The van der Waals surface area contributed by atoms with Crippen LogP contribution in [0.3, 0.4) is 0 Å². The summed E-state index contributed by atoms with van der Waals surface area (Å²) in [5.74, 6) is 0. The normalized spacial score (nSPS) is 11.5. The second kappa shape index (κ2) is 7.49. The maximum absolute atomic E-state index is 2.19. The van der Waals surface area contributed by atoms with Gasteiger partial charge in [-0.15, -0.1) is 0 Å². The molecule has 0 saturated heterocycles. The zero-order chi connectivity index (χ0) is 14.2. The van der Waals surface area contributed by atoms with E-state index < -0.39 is 0 Å². The van der Waals surface area contributed by atoms with Crippen LogP contribution in [0.15, 0.2) is 54.6 Å². The van der Waals surface area contributed by atoms with E-state index in [2.05, 4.69) is 86.7 Å². The van der Waals surface area contributed by atoms with Gasteiger partial charge in [0.05, 0.1) is 0 Å². The number of benzene rings is 2. The van der Waals surface area contributed by atoms with E-state index in [1.807, 2.05) is 0 Å². The van der Waals surface area contributed by atoms with Crippen LogP contribution >= 0.6 is 0 Å². The number of aryl methyl sites for hydroxylation is 1. The molecule has 0 saturated carbocycles. The van der Waals surface area contributed by atoms with Crippen molar-refractivity contribution >= 4 is 18.2 Å². The van der Waals surface area contributed by atoms with E-state index in [4.69, 9.17) is 0 Å². The van der Waals surface area contributed by atoms with Crippen LogP contribution in [0.5, 0.6) is 0 Å². The summed E-state index contributed by atoms with van der Waals surface area (Å²) in [5.41, 5.74) is 5.13. The molecule has 0 unspecified atom stereocenters. The molecular formula is C20H22. The molecule has 0 heteroatoms. The van der Waals surface area contributed by atoms with E-state index in [9.17, 15) is 0 Å². The van der Waals surface area contributed by atoms with Crippen LogP contribution in [0.25, 0.3) is 18.2 Å². The average molecular weight is 262 g/mol. The van der Waals surface area contributed by atoms with Crippen molar-refractivity contribution in [1.82, 2.24) is 0 Å². The van der Waals surface area contributed by atoms with Gasteiger partial charge in [-0.05, 0) is 35.1 Å². The van der Waals surface area contributed by atoms with E-state index in [0.717, 1.165) is 12.8 Å². The Morgan fingerprint density at radius 1 is 0.650 bits per heavy atom. The van der Waals surface area contributed by atoms with E-state index >= 15 is 0 Å². The van der Waals surface area contributed by atoms with Crippen molar-refractivity contribution in [2.24, 2.45) is 0 Å². The van der Waals surface area contributed by atoms with Crippen molar-refractivity contribution in [3.05, 3.63) is 76.9 Å². The van der Waals surface area contributed by atoms with Gasteiger partial charge >= 0.3 is 0 Å². The predicted octanol–water partition coefficient (Wildman–Crippen LogP) is 5.84. The zero-order valence-corrected chi connectivity index (χ0v) is 12.3. The lowest BCUT2D eigenvalue weighted by Crippen LogP contribution is -1.79. The lowest BCUT2D eigenvalue weighted by atomic mass is 10.1. The van der Waals surface area contributed by atoms with Crippen molar-refractivity contribution in [3.63, 3.8) is 0 Å². The maximum atomic E-state index is 2.19. The van der Waals surface area contributed by atoms with Gasteiger partial charge in [0.25, 0.3) is 0 Å². The number of hydrogen-bond acceptors (Lipinski definition) is 0. The van der Waals surface area contributed by atoms with Gasteiger partial charge in [-0.3, -0.25) is 0 Å². The summed E-state index contributed by atoms with van der Waals surface area (Å²) in [7, 11) is 0. The number of rotatable bonds is 5. The van der Waals surface area contributed by atoms with Gasteiger partial charge in [-0.1, -0.05) is 86.7 Å². The van der Waals surface area contributed by atoms with Gasteiger partial charge < -0.3 is 0 Å².